The number of ether oxygens (including phenoxy) is 6. The van der Waals surface area contributed by atoms with E-state index in [1.54, 1.807) is 58.0 Å². The van der Waals surface area contributed by atoms with E-state index < -0.39 is 185 Å². The Labute approximate surface area is 782 Å². The molecule has 5 aliphatic rings. The van der Waals surface area contributed by atoms with Crippen molar-refractivity contribution < 1.29 is 194 Å². The largest absolute Gasteiger partial charge is 0.514 e. The Bertz CT molecular complexity index is 6250. The number of aliphatic hydroxyl groups is 4. The van der Waals surface area contributed by atoms with E-state index in [0.717, 1.165) is 22.6 Å². The average molecular weight is 2090 g/mol. The third-order valence-corrected chi connectivity index (χ3v) is 38.6. The van der Waals surface area contributed by atoms with E-state index >= 15 is 0 Å². The molecule has 736 valence electrons. The Kier molecular flexibility index (Phi) is 34.0. The van der Waals surface area contributed by atoms with Gasteiger partial charge in [-0.3, -0.25) is 107 Å². The molecule has 0 spiro atoms. The van der Waals surface area contributed by atoms with Gasteiger partial charge in [-0.2, -0.15) is 0 Å². The third-order valence-electron chi connectivity index (χ3n) is 20.0. The second-order valence-corrected chi connectivity index (χ2v) is 49.2. The van der Waals surface area contributed by atoms with Crippen LogP contribution in [0, 0.1) is 12.7 Å². The molecule has 5 saturated heterocycles. The number of imide groups is 1. The third kappa shape index (κ3) is 25.6. The van der Waals surface area contributed by atoms with Crippen molar-refractivity contribution in [3.05, 3.63) is 274 Å². The van der Waals surface area contributed by atoms with Crippen molar-refractivity contribution in [2.75, 3.05) is 26.7 Å². The van der Waals surface area contributed by atoms with Gasteiger partial charge >= 0.3 is 91.0 Å². The summed E-state index contributed by atoms with van der Waals surface area (Å²) in [6.45, 7) is 8.03. The summed E-state index contributed by atoms with van der Waals surface area (Å²) in [5.74, 6) is -3.31. The molecule has 0 saturated carbocycles. The number of carbonyl (C=O) groups is 6. The predicted molar refractivity (Wildman–Crippen MR) is 470 cm³/mol. The lowest BCUT2D eigenvalue weighted by molar-refractivity contribution is -0.141. The maximum Gasteiger partial charge on any atom is 0.514 e. The van der Waals surface area contributed by atoms with Crippen LogP contribution >= 0.6 is 72.4 Å². The van der Waals surface area contributed by atoms with Crippen molar-refractivity contribution in [3.8, 4) is 23.0 Å². The molecule has 9 heterocycles. The second-order valence-electron chi connectivity index (χ2n) is 31.4. The molecule has 5 aliphatic heterocycles. The first-order valence-corrected chi connectivity index (χ1v) is 53.0. The van der Waals surface area contributed by atoms with Crippen LogP contribution in [0.5, 0.6) is 23.0 Å². The van der Waals surface area contributed by atoms with E-state index in [1.807, 2.05) is 6.07 Å². The van der Waals surface area contributed by atoms with Crippen molar-refractivity contribution in [1.29, 1.82) is 0 Å². The quantitative estimate of drug-likeness (QED) is 0.0138. The number of aromatic nitrogens is 4. The van der Waals surface area contributed by atoms with E-state index in [0.29, 0.717) is 18.1 Å². The van der Waals surface area contributed by atoms with Crippen LogP contribution in [0.25, 0.3) is 0 Å². The van der Waals surface area contributed by atoms with Crippen molar-refractivity contribution in [3.63, 3.8) is 0 Å². The molecule has 3 amide bonds. The van der Waals surface area contributed by atoms with Gasteiger partial charge in [0, 0.05) is 119 Å². The first kappa shape index (κ1) is 108. The molecule has 14 rings (SSSR count). The highest BCUT2D eigenvalue weighted by molar-refractivity contribution is 7.75. The maximum absolute atomic E-state index is 14.6. The van der Waals surface area contributed by atoms with Gasteiger partial charge < -0.3 is 92.9 Å². The molecule has 56 heteroatoms. The van der Waals surface area contributed by atoms with Crippen molar-refractivity contribution in [1.82, 2.24) is 29.7 Å². The smallest absolute Gasteiger partial charge is 0.464 e. The number of nitrogens with zero attached hydrogens (tertiary/aromatic N) is 6. The van der Waals surface area contributed by atoms with E-state index in [9.17, 15) is 129 Å². The number of rotatable bonds is 21. The molecule has 5 aromatic carbocycles. The number of amides is 3. The summed E-state index contributed by atoms with van der Waals surface area (Å²) in [4.78, 5) is 172. The van der Waals surface area contributed by atoms with Gasteiger partial charge in [-0.1, -0.05) is 102 Å². The Morgan fingerprint density at radius 2 is 0.876 bits per heavy atom. The zero-order chi connectivity index (χ0) is 101. The highest BCUT2D eigenvalue weighted by Gasteiger charge is 2.71. The number of esters is 2. The van der Waals surface area contributed by atoms with Gasteiger partial charge in [-0.15, -0.1) is 0 Å². The van der Waals surface area contributed by atoms with Crippen LogP contribution in [-0.4, -0.2) is 178 Å². The fourth-order valence-corrected chi connectivity index (χ4v) is 27.3. The van der Waals surface area contributed by atoms with Crippen molar-refractivity contribution >= 4 is 109 Å². The Balaban J connectivity index is 0.000000175. The zero-order valence-electron chi connectivity index (χ0n) is 72.3. The number of likely N-dealkylation sites (N-methyl/N-ethyl adjacent to an activating group) is 1. The Morgan fingerprint density at radius 1 is 0.489 bits per heavy atom. The monoisotopic (exact) mass is 2090 g/mol. The zero-order valence-corrected chi connectivity index (χ0v) is 80.2. The number of benzene rings is 5. The SMILES string of the molecule is CC(=O)OCCN(C)C(=O)Oc1ccc(C2OP(=O)(O)C(O)(Cc3cccnc3)P(=O)(O)O2)cc1.Cc1ccc(OC(=O)OC(C)(C)C)c(C2OP(=O)(O)C(O)(Cc3cccnc3)P(=O)(O)O2)c1.O=C(Cc1ccccc1)Oc1ccc(C2OP(=O)(O)C(O)(Cc3cccnc3)P(=O)(O)O2)cc1Cl.O=C1CCCN1C(=O)Oc1ccc(C2OP(=O)(O)C(O)(Cc3cccnc3)P(=O)(O)O2)cc1F. The first-order chi connectivity index (χ1) is 63.9. The standard InChI is InChI=1S/C22H20ClNO9P2.C20H24N2O11P2.C20H25NO10P2.C19H19FN2O10P2/c23-18-12-17(8-9-19(18)31-20(25)11-15-5-2-1-3-6-15)21-32-34(27,28)22(26,35(29,30)33-21)13-16-7-4-10-24-14-16;1-14(23)30-11-10-22(2)19(24)31-17-7-5-16(6-8-17)18-32-34(26,27)20(25,35(28,29)33-18)12-15-4-3-9-21-13-15;1-13-7-8-16(28-18(22)29-19(2,3)4)15(10-13)17-30-32(24,25)20(23,33(26,27)31-17)11-14-6-5-9-21-12-14;20-14-9-13(5-6-15(14)30-18(24)22-8-2-4-16(22)23)17-31-33(26,27)19(25,34(28,29)32-17)10-12-3-1-7-21-11-12/h1-10,12,14,21,26H,11,13H2,(H,27,28)(H,29,30);3-9,13,18,25H,10-12H2,1-2H3,(H,26,27)(H,28,29);5-10,12,17,23H,11H2,1-4H3,(H,24,25)(H,26,27);1,3,5-7,9,11,17,25H,2,4,8,10H2,(H,26,27)(H,28,29). The molecule has 4 aromatic heterocycles. The molecule has 46 nitrogen and oxygen atoms in total. The number of hydrogen-bond donors (Lipinski definition) is 12. The predicted octanol–water partition coefficient (Wildman–Crippen LogP) is 13.2. The van der Waals surface area contributed by atoms with Gasteiger partial charge in [0.05, 0.1) is 23.6 Å². The van der Waals surface area contributed by atoms with Crippen molar-refractivity contribution in [2.24, 2.45) is 0 Å². The van der Waals surface area contributed by atoms with Crippen LogP contribution in [0.4, 0.5) is 18.8 Å². The summed E-state index contributed by atoms with van der Waals surface area (Å²) in [6, 6.07) is 36.6. The van der Waals surface area contributed by atoms with E-state index in [4.69, 9.17) is 76.2 Å². The normalized spacial score (nSPS) is 29.5. The molecule has 8 atom stereocenters. The Hall–Kier alpha value is -9.62. The minimum atomic E-state index is -5.25. The number of aryl methyl sites for hydroxylation is 1. The van der Waals surface area contributed by atoms with Crippen molar-refractivity contribution in [2.45, 2.75) is 131 Å². The lowest BCUT2D eigenvalue weighted by Crippen LogP contribution is -2.38. The number of pyridine rings is 4. The molecule has 0 bridgehead atoms. The lowest BCUT2D eigenvalue weighted by atomic mass is 10.1. The highest BCUT2D eigenvalue weighted by atomic mass is 35.5. The summed E-state index contributed by atoms with van der Waals surface area (Å²) >= 11 is 6.19. The fraction of sp³-hybridized carbons (Fsp3) is 0.309. The van der Waals surface area contributed by atoms with Crippen LogP contribution in [0.3, 0.4) is 0 Å². The van der Waals surface area contributed by atoms with E-state index in [-0.39, 0.29) is 99.3 Å². The molecule has 12 N–H and O–H groups in total. The van der Waals surface area contributed by atoms with Gasteiger partial charge in [-0.05, 0) is 135 Å². The lowest BCUT2D eigenvalue weighted by Gasteiger charge is -2.41. The average Bonchev–Trinajstić information content (AvgIpc) is 1.17. The molecule has 5 fully saturated rings. The van der Waals surface area contributed by atoms with Crippen LogP contribution in [0.2, 0.25) is 5.02 Å². The summed E-state index contributed by atoms with van der Waals surface area (Å²) in [7, 11) is -40.0. The second kappa shape index (κ2) is 43.2. The summed E-state index contributed by atoms with van der Waals surface area (Å²) in [5, 5.41) is 30.4. The highest BCUT2D eigenvalue weighted by Crippen LogP contribution is 2.83. The molecular weight excluding hydrogens is 2000 g/mol. The van der Waals surface area contributed by atoms with E-state index in [1.165, 1.54) is 172 Å². The minimum absolute atomic E-state index is 0.000368. The molecule has 9 aromatic rings. The molecular formula is C81H88ClFN6O40P8. The van der Waals surface area contributed by atoms with Gasteiger partial charge in [0.25, 0.3) is 20.3 Å². The summed E-state index contributed by atoms with van der Waals surface area (Å²) in [5.41, 5.74) is 0.910. The van der Waals surface area contributed by atoms with Gasteiger partial charge in [0.15, 0.2) is 11.6 Å². The van der Waals surface area contributed by atoms with Crippen LogP contribution in [0.15, 0.2) is 207 Å². The van der Waals surface area contributed by atoms with Crippen LogP contribution < -0.4 is 18.9 Å². The van der Waals surface area contributed by atoms with E-state index in [2.05, 4.69) is 19.9 Å². The molecule has 8 unspecified atom stereocenters. The maximum atomic E-state index is 14.6. The number of likely N-dealkylation sites (tertiary alicyclic amines) is 1. The minimum Gasteiger partial charge on any atom is -0.464 e. The Morgan fingerprint density at radius 3 is 1.26 bits per heavy atom. The van der Waals surface area contributed by atoms with Crippen LogP contribution in [0.1, 0.15) is 121 Å². The molecule has 0 aliphatic carbocycles. The first-order valence-electron chi connectivity index (χ1n) is 40.0. The summed E-state index contributed by atoms with van der Waals surface area (Å²) < 4.78 is 188. The summed E-state index contributed by atoms with van der Waals surface area (Å²) in [6.07, 6.45) is -1.97. The number of halogens is 2. The molecule has 0 radical (unpaired) electrons. The fourth-order valence-electron chi connectivity index (χ4n) is 12.8. The number of hydrogen-bond acceptors (Lipinski definition) is 36. The van der Waals surface area contributed by atoms with Gasteiger partial charge in [0.1, 0.15) is 29.5 Å². The van der Waals surface area contributed by atoms with Crippen LogP contribution in [-0.2, 0) is 129 Å². The van der Waals surface area contributed by atoms with Gasteiger partial charge in [-0.25, -0.2) is 23.7 Å². The number of carbonyl (C=O) groups excluding carboxylic acids is 6. The van der Waals surface area contributed by atoms with Gasteiger partial charge in [0.2, 0.25) is 31.1 Å². The topological polar surface area (TPSA) is 669 Å². The molecule has 137 heavy (non-hydrogen) atoms.